The summed E-state index contributed by atoms with van der Waals surface area (Å²) in [5, 5.41) is 9.27. The molecule has 1 unspecified atom stereocenters. The number of nitrogens with zero attached hydrogens (tertiary/aromatic N) is 1. The number of benzene rings is 2. The van der Waals surface area contributed by atoms with E-state index in [4.69, 9.17) is 30.6 Å². The molecular weight excluding hydrogens is 498 g/mol. The summed E-state index contributed by atoms with van der Waals surface area (Å²) < 4.78 is 11.3. The van der Waals surface area contributed by atoms with E-state index in [1.807, 2.05) is 12.1 Å². The van der Waals surface area contributed by atoms with Crippen molar-refractivity contribution in [3.63, 3.8) is 0 Å². The maximum Gasteiger partial charge on any atom is 0.305 e. The number of hydroxylamine groups is 2. The predicted octanol–water partition coefficient (Wildman–Crippen LogP) is 2.13. The van der Waals surface area contributed by atoms with Gasteiger partial charge in [-0.15, -0.1) is 0 Å². The van der Waals surface area contributed by atoms with Gasteiger partial charge >= 0.3 is 5.97 Å². The second-order valence-corrected chi connectivity index (χ2v) is 7.60. The lowest BCUT2D eigenvalue weighted by Gasteiger charge is -2.20. The first-order valence-corrected chi connectivity index (χ1v) is 10.7. The third-order valence-electron chi connectivity index (χ3n) is 4.28. The number of rotatable bonds is 14. The highest BCUT2D eigenvalue weighted by Crippen LogP contribution is 2.38. The van der Waals surface area contributed by atoms with E-state index in [2.05, 4.69) is 31.9 Å². The highest BCUT2D eigenvalue weighted by Gasteiger charge is 2.20. The van der Waals surface area contributed by atoms with Crippen LogP contribution >= 0.6 is 15.9 Å². The summed E-state index contributed by atoms with van der Waals surface area (Å²) >= 11 is 3.41. The molecular formula is C21H28BrN5O6. The number of ether oxygens (including phenoxy) is 2. The Morgan fingerprint density at radius 3 is 2.64 bits per heavy atom. The van der Waals surface area contributed by atoms with E-state index in [-0.39, 0.29) is 19.0 Å². The van der Waals surface area contributed by atoms with Gasteiger partial charge in [-0.3, -0.25) is 14.5 Å². The molecule has 11 nitrogen and oxygen atoms in total. The summed E-state index contributed by atoms with van der Waals surface area (Å²) in [6.07, 6.45) is -0.196. The first kappa shape index (κ1) is 26.4. The van der Waals surface area contributed by atoms with Gasteiger partial charge in [-0.25, -0.2) is 4.99 Å². The zero-order valence-electron chi connectivity index (χ0n) is 18.3. The number of hydrogen-bond acceptors (Lipinski definition) is 8. The van der Waals surface area contributed by atoms with Crippen molar-refractivity contribution >= 4 is 33.5 Å². The molecule has 12 heteroatoms. The molecule has 33 heavy (non-hydrogen) atoms. The number of aliphatic carboxylic acids is 1. The summed E-state index contributed by atoms with van der Waals surface area (Å²) in [7, 11) is 3.03. The zero-order chi connectivity index (χ0) is 24.2. The molecule has 0 heterocycles. The highest BCUT2D eigenvalue weighted by molar-refractivity contribution is 9.10. The van der Waals surface area contributed by atoms with Gasteiger partial charge in [0.2, 0.25) is 0 Å². The third kappa shape index (κ3) is 8.86. The first-order chi connectivity index (χ1) is 15.8. The maximum atomic E-state index is 11.3. The average Bonchev–Trinajstić information content (AvgIpc) is 2.76. The van der Waals surface area contributed by atoms with Gasteiger partial charge in [0.1, 0.15) is 0 Å². The molecule has 1 atom stereocenters. The predicted molar refractivity (Wildman–Crippen MR) is 126 cm³/mol. The van der Waals surface area contributed by atoms with Gasteiger partial charge in [0.15, 0.2) is 17.5 Å². The minimum Gasteiger partial charge on any atom is -0.493 e. The Morgan fingerprint density at radius 2 is 1.97 bits per heavy atom. The van der Waals surface area contributed by atoms with E-state index in [1.165, 1.54) is 14.2 Å². The van der Waals surface area contributed by atoms with E-state index in [0.717, 1.165) is 5.56 Å². The molecule has 0 saturated heterocycles. The molecule has 0 aliphatic heterocycles. The molecule has 0 amide bonds. The van der Waals surface area contributed by atoms with E-state index >= 15 is 0 Å². The Bertz CT molecular complexity index is 955. The largest absolute Gasteiger partial charge is 0.493 e. The van der Waals surface area contributed by atoms with Crippen LogP contribution in [0.4, 0.5) is 5.69 Å². The highest BCUT2D eigenvalue weighted by atomic mass is 79.9. The smallest absolute Gasteiger partial charge is 0.305 e. The van der Waals surface area contributed by atoms with Gasteiger partial charge in [-0.2, -0.15) is 11.0 Å². The van der Waals surface area contributed by atoms with E-state index < -0.39 is 12.0 Å². The summed E-state index contributed by atoms with van der Waals surface area (Å²) in [6, 6.07) is 10.1. The third-order valence-corrected chi connectivity index (χ3v) is 4.87. The Kier molecular flexibility index (Phi) is 10.9. The number of guanidine groups is 1. The Balaban J connectivity index is 1.83. The Labute approximate surface area is 200 Å². The van der Waals surface area contributed by atoms with E-state index in [0.29, 0.717) is 40.4 Å². The molecule has 7 N–H and O–H groups in total. The van der Waals surface area contributed by atoms with Crippen LogP contribution in [0.25, 0.3) is 0 Å². The number of hydrogen-bond donors (Lipinski definition) is 5. The molecule has 180 valence electrons. The molecule has 0 fully saturated rings. The SMILES string of the molecule is COc1cc(C(CC(=O)O)NOCCNOCc2cccc(N=C(N)N)c2)cc(Br)c1OC. The molecule has 0 bridgehead atoms. The van der Waals surface area contributed by atoms with Crippen LogP contribution in [0.3, 0.4) is 0 Å². The summed E-state index contributed by atoms with van der Waals surface area (Å²) in [5.74, 6) is -0.0108. The van der Waals surface area contributed by atoms with Crippen molar-refractivity contribution in [2.24, 2.45) is 16.5 Å². The van der Waals surface area contributed by atoms with Crippen molar-refractivity contribution in [2.45, 2.75) is 19.1 Å². The fourth-order valence-corrected chi connectivity index (χ4v) is 3.49. The van der Waals surface area contributed by atoms with Crippen molar-refractivity contribution < 1.29 is 29.0 Å². The lowest BCUT2D eigenvalue weighted by Crippen LogP contribution is -2.28. The molecule has 0 aliphatic rings. The van der Waals surface area contributed by atoms with Crippen LogP contribution in [0.15, 0.2) is 45.9 Å². The monoisotopic (exact) mass is 525 g/mol. The maximum absolute atomic E-state index is 11.3. The Morgan fingerprint density at radius 1 is 1.18 bits per heavy atom. The van der Waals surface area contributed by atoms with Crippen LogP contribution in [0.1, 0.15) is 23.6 Å². The fraction of sp³-hybridized carbons (Fsp3) is 0.333. The summed E-state index contributed by atoms with van der Waals surface area (Å²) in [4.78, 5) is 26.2. The van der Waals surface area contributed by atoms with Gasteiger partial charge < -0.3 is 26.0 Å². The molecule has 0 aromatic heterocycles. The minimum atomic E-state index is -0.980. The summed E-state index contributed by atoms with van der Waals surface area (Å²) in [6.45, 7) is 0.872. The standard InChI is InChI=1S/C21H28BrN5O6/c1-30-18-10-14(9-16(22)20(18)31-2)17(11-19(28)29)27-32-7-6-25-33-12-13-4-3-5-15(8-13)26-21(23)24/h3-5,8-10,17,25,27H,6-7,11-12H2,1-2H3,(H,28,29)(H4,23,24,26). The van der Waals surface area contributed by atoms with Crippen molar-refractivity contribution in [3.8, 4) is 11.5 Å². The van der Waals surface area contributed by atoms with Gasteiger partial charge in [0, 0.05) is 6.54 Å². The molecule has 2 rings (SSSR count). The molecule has 2 aromatic rings. The van der Waals surface area contributed by atoms with Crippen LogP contribution in [0.5, 0.6) is 11.5 Å². The Hall–Kier alpha value is -2.90. The van der Waals surface area contributed by atoms with Crippen molar-refractivity contribution in [2.75, 3.05) is 27.4 Å². The van der Waals surface area contributed by atoms with Crippen LogP contribution in [0.2, 0.25) is 0 Å². The van der Waals surface area contributed by atoms with Gasteiger partial charge in [0.05, 0.1) is 50.1 Å². The lowest BCUT2D eigenvalue weighted by atomic mass is 10.0. The summed E-state index contributed by atoms with van der Waals surface area (Å²) in [5.41, 5.74) is 18.5. The van der Waals surface area contributed by atoms with Crippen molar-refractivity contribution in [1.29, 1.82) is 0 Å². The topological polar surface area (TPSA) is 163 Å². The number of halogens is 1. The van der Waals surface area contributed by atoms with E-state index in [1.54, 1.807) is 24.3 Å². The molecule has 0 saturated carbocycles. The van der Waals surface area contributed by atoms with Crippen LogP contribution < -0.4 is 31.9 Å². The van der Waals surface area contributed by atoms with Crippen LogP contribution in [0, 0.1) is 0 Å². The fourth-order valence-electron chi connectivity index (χ4n) is 2.86. The van der Waals surface area contributed by atoms with Crippen LogP contribution in [-0.2, 0) is 21.1 Å². The first-order valence-electron chi connectivity index (χ1n) is 9.87. The van der Waals surface area contributed by atoms with Crippen LogP contribution in [-0.4, -0.2) is 44.4 Å². The second-order valence-electron chi connectivity index (χ2n) is 6.74. The molecule has 0 aliphatic carbocycles. The zero-order valence-corrected chi connectivity index (χ0v) is 19.9. The minimum absolute atomic E-state index is 0.0162. The number of nitrogens with two attached hydrogens (primary N) is 2. The van der Waals surface area contributed by atoms with Gasteiger partial charge in [-0.1, -0.05) is 12.1 Å². The normalized spacial score (nSPS) is 11.6. The number of methoxy groups -OCH3 is 2. The second kappa shape index (κ2) is 13.6. The number of carboxylic acid groups (broad SMARTS) is 1. The molecule has 0 spiro atoms. The average molecular weight is 526 g/mol. The lowest BCUT2D eigenvalue weighted by molar-refractivity contribution is -0.138. The van der Waals surface area contributed by atoms with Crippen molar-refractivity contribution in [1.82, 2.24) is 11.0 Å². The number of aliphatic imine (C=N–C) groups is 1. The number of carbonyl (C=O) groups is 1. The van der Waals surface area contributed by atoms with Gasteiger partial charge in [0.25, 0.3) is 0 Å². The number of carboxylic acids is 1. The van der Waals surface area contributed by atoms with E-state index in [9.17, 15) is 9.90 Å². The molecule has 0 radical (unpaired) electrons. The van der Waals surface area contributed by atoms with Gasteiger partial charge in [-0.05, 0) is 51.3 Å². The molecule has 2 aromatic carbocycles. The van der Waals surface area contributed by atoms with Crippen molar-refractivity contribution in [3.05, 3.63) is 52.0 Å². The number of nitrogens with one attached hydrogen (secondary N) is 2. The quantitative estimate of drug-likeness (QED) is 0.107.